The van der Waals surface area contributed by atoms with Crippen LogP contribution in [0.25, 0.3) is 10.9 Å². The van der Waals surface area contributed by atoms with Crippen molar-refractivity contribution in [2.75, 3.05) is 5.32 Å². The number of aryl methyl sites for hydroxylation is 2. The predicted molar refractivity (Wildman–Crippen MR) is 83.7 cm³/mol. The van der Waals surface area contributed by atoms with E-state index in [2.05, 4.69) is 20.5 Å². The zero-order valence-electron chi connectivity index (χ0n) is 12.2. The molecule has 0 aliphatic carbocycles. The molecule has 0 saturated heterocycles. The van der Waals surface area contributed by atoms with E-state index in [0.717, 1.165) is 23.9 Å². The topological polar surface area (TPSA) is 95.6 Å². The first-order chi connectivity index (χ1) is 10.6. The molecule has 1 aromatic carbocycles. The van der Waals surface area contributed by atoms with Gasteiger partial charge in [-0.2, -0.15) is 0 Å². The average Bonchev–Trinajstić information content (AvgIpc) is 3.05. The number of fused-ring (bicyclic) bond motifs is 1. The lowest BCUT2D eigenvalue weighted by molar-refractivity contribution is -0.116. The summed E-state index contributed by atoms with van der Waals surface area (Å²) in [6.45, 7) is 0. The van der Waals surface area contributed by atoms with Crippen LogP contribution in [-0.2, 0) is 18.3 Å². The molecule has 1 amide bonds. The van der Waals surface area contributed by atoms with Crippen molar-refractivity contribution >= 4 is 22.6 Å². The number of aromatic nitrogens is 4. The van der Waals surface area contributed by atoms with Crippen molar-refractivity contribution in [2.45, 2.75) is 19.3 Å². The fourth-order valence-electron chi connectivity index (χ4n) is 2.38. The van der Waals surface area contributed by atoms with Crippen LogP contribution in [-0.4, -0.2) is 25.7 Å². The number of rotatable bonds is 5. The van der Waals surface area contributed by atoms with E-state index in [4.69, 9.17) is 0 Å². The predicted octanol–water partition coefficient (Wildman–Crippen LogP) is 1.55. The third-order valence-corrected chi connectivity index (χ3v) is 3.48. The molecule has 22 heavy (non-hydrogen) atoms. The average molecular weight is 299 g/mol. The Morgan fingerprint density at radius 1 is 1.36 bits per heavy atom. The van der Waals surface area contributed by atoms with E-state index < -0.39 is 0 Å². The highest BCUT2D eigenvalue weighted by molar-refractivity contribution is 5.89. The first-order valence-corrected chi connectivity index (χ1v) is 7.09. The molecule has 0 radical (unpaired) electrons. The van der Waals surface area contributed by atoms with Gasteiger partial charge in [-0.1, -0.05) is 6.07 Å². The standard InChI is InChI=1S/C15H17N5O2/c1-20-8-13(16-9-20)17-14(21)4-2-3-10-5-6-11-12(7-10)18-19-15(11)22/h5-9H,2-4H2,1H3,(H,17,21)(H2,18,19,22). The molecule has 2 aromatic heterocycles. The van der Waals surface area contributed by atoms with Crippen molar-refractivity contribution in [3.05, 3.63) is 46.6 Å². The van der Waals surface area contributed by atoms with Crippen molar-refractivity contribution < 1.29 is 4.79 Å². The van der Waals surface area contributed by atoms with Gasteiger partial charge in [-0.3, -0.25) is 19.8 Å². The zero-order valence-corrected chi connectivity index (χ0v) is 12.2. The molecular formula is C15H17N5O2. The zero-order chi connectivity index (χ0) is 15.5. The van der Waals surface area contributed by atoms with Gasteiger partial charge in [0.15, 0.2) is 5.82 Å². The summed E-state index contributed by atoms with van der Waals surface area (Å²) in [5, 5.41) is 8.80. The van der Waals surface area contributed by atoms with E-state index >= 15 is 0 Å². The maximum Gasteiger partial charge on any atom is 0.271 e. The maximum absolute atomic E-state index is 11.8. The molecule has 3 N–H and O–H groups in total. The Morgan fingerprint density at radius 2 is 2.23 bits per heavy atom. The molecule has 7 heteroatoms. The lowest BCUT2D eigenvalue weighted by Gasteiger charge is -2.03. The SMILES string of the molecule is Cn1cnc(NC(=O)CCCc2ccc3c(=O)[nH][nH]c3c2)c1. The summed E-state index contributed by atoms with van der Waals surface area (Å²) >= 11 is 0. The second kappa shape index (κ2) is 5.88. The number of benzene rings is 1. The Bertz CT molecular complexity index is 858. The van der Waals surface area contributed by atoms with E-state index in [1.807, 2.05) is 19.2 Å². The first-order valence-electron chi connectivity index (χ1n) is 7.09. The summed E-state index contributed by atoms with van der Waals surface area (Å²) < 4.78 is 1.78. The fraction of sp³-hybridized carbons (Fsp3) is 0.267. The first kappa shape index (κ1) is 14.1. The number of aromatic amines is 2. The molecule has 3 aromatic rings. The van der Waals surface area contributed by atoms with Gasteiger partial charge in [0.1, 0.15) is 0 Å². The number of carbonyl (C=O) groups excluding carboxylic acids is 1. The second-order valence-electron chi connectivity index (χ2n) is 5.29. The van der Waals surface area contributed by atoms with Crippen LogP contribution in [0.4, 0.5) is 5.82 Å². The van der Waals surface area contributed by atoms with E-state index in [9.17, 15) is 9.59 Å². The minimum Gasteiger partial charge on any atom is -0.338 e. The lowest BCUT2D eigenvalue weighted by atomic mass is 10.1. The molecule has 0 saturated carbocycles. The van der Waals surface area contributed by atoms with Crippen LogP contribution in [0.15, 0.2) is 35.5 Å². The summed E-state index contributed by atoms with van der Waals surface area (Å²) in [5.74, 6) is 0.522. The van der Waals surface area contributed by atoms with Gasteiger partial charge in [-0.25, -0.2) is 4.98 Å². The van der Waals surface area contributed by atoms with Gasteiger partial charge in [-0.15, -0.1) is 0 Å². The molecule has 2 heterocycles. The van der Waals surface area contributed by atoms with Gasteiger partial charge in [-0.05, 0) is 30.5 Å². The van der Waals surface area contributed by atoms with Gasteiger partial charge < -0.3 is 9.88 Å². The monoisotopic (exact) mass is 299 g/mol. The van der Waals surface area contributed by atoms with Crippen molar-refractivity contribution in [1.29, 1.82) is 0 Å². The Hall–Kier alpha value is -2.83. The number of H-pyrrole nitrogens is 2. The van der Waals surface area contributed by atoms with Crippen LogP contribution in [0, 0.1) is 0 Å². The Morgan fingerprint density at radius 3 is 3.00 bits per heavy atom. The minimum atomic E-state index is -0.115. The molecule has 0 spiro atoms. The van der Waals surface area contributed by atoms with Crippen molar-refractivity contribution in [3.8, 4) is 0 Å². The third-order valence-electron chi connectivity index (χ3n) is 3.48. The summed E-state index contributed by atoms with van der Waals surface area (Å²) in [7, 11) is 1.85. The lowest BCUT2D eigenvalue weighted by Crippen LogP contribution is -2.11. The Kier molecular flexibility index (Phi) is 3.78. The molecule has 7 nitrogen and oxygen atoms in total. The van der Waals surface area contributed by atoms with Crippen molar-refractivity contribution in [3.63, 3.8) is 0 Å². The van der Waals surface area contributed by atoms with Gasteiger partial charge in [0.2, 0.25) is 5.91 Å². The molecule has 0 atom stereocenters. The molecule has 0 fully saturated rings. The minimum absolute atomic E-state index is 0.0465. The Labute approximate surface area is 126 Å². The number of carbonyl (C=O) groups is 1. The largest absolute Gasteiger partial charge is 0.338 e. The number of amides is 1. The molecule has 114 valence electrons. The number of hydrogen-bond donors (Lipinski definition) is 3. The normalized spacial score (nSPS) is 11.0. The smallest absolute Gasteiger partial charge is 0.271 e. The van der Waals surface area contributed by atoms with E-state index in [1.54, 1.807) is 23.2 Å². The fourth-order valence-corrected chi connectivity index (χ4v) is 2.38. The summed E-state index contributed by atoms with van der Waals surface area (Å²) in [4.78, 5) is 27.3. The highest BCUT2D eigenvalue weighted by Crippen LogP contribution is 2.12. The van der Waals surface area contributed by atoms with Crippen LogP contribution in [0.2, 0.25) is 0 Å². The maximum atomic E-state index is 11.8. The quantitative estimate of drug-likeness (QED) is 0.667. The van der Waals surface area contributed by atoms with Crippen LogP contribution >= 0.6 is 0 Å². The molecule has 3 rings (SSSR count). The van der Waals surface area contributed by atoms with Gasteiger partial charge in [0, 0.05) is 19.7 Å². The summed E-state index contributed by atoms with van der Waals surface area (Å²) in [6, 6.07) is 5.65. The van der Waals surface area contributed by atoms with Crippen LogP contribution in [0.3, 0.4) is 0 Å². The van der Waals surface area contributed by atoms with Gasteiger partial charge in [0.05, 0.1) is 17.2 Å². The molecular weight excluding hydrogens is 282 g/mol. The summed E-state index contributed by atoms with van der Waals surface area (Å²) in [5.41, 5.74) is 1.77. The van der Waals surface area contributed by atoms with Crippen LogP contribution in [0.5, 0.6) is 0 Å². The summed E-state index contributed by atoms with van der Waals surface area (Å²) in [6.07, 6.45) is 5.34. The van der Waals surface area contributed by atoms with Crippen molar-refractivity contribution in [1.82, 2.24) is 19.7 Å². The highest BCUT2D eigenvalue weighted by atomic mass is 16.1. The van der Waals surface area contributed by atoms with Crippen LogP contribution < -0.4 is 10.9 Å². The van der Waals surface area contributed by atoms with Crippen molar-refractivity contribution in [2.24, 2.45) is 7.05 Å². The number of anilines is 1. The third kappa shape index (κ3) is 3.08. The molecule has 0 aliphatic rings. The molecule has 0 unspecified atom stereocenters. The number of nitrogens with zero attached hydrogens (tertiary/aromatic N) is 2. The number of nitrogens with one attached hydrogen (secondary N) is 3. The van der Waals surface area contributed by atoms with Gasteiger partial charge in [0.25, 0.3) is 5.56 Å². The van der Waals surface area contributed by atoms with Crippen LogP contribution in [0.1, 0.15) is 18.4 Å². The molecule has 0 bridgehead atoms. The number of hydrogen-bond acceptors (Lipinski definition) is 3. The van der Waals surface area contributed by atoms with Gasteiger partial charge >= 0.3 is 0 Å². The van der Waals surface area contributed by atoms with E-state index in [0.29, 0.717) is 17.6 Å². The Balaban J connectivity index is 1.53. The van der Waals surface area contributed by atoms with E-state index in [-0.39, 0.29) is 11.5 Å². The number of imidazole rings is 1. The highest BCUT2D eigenvalue weighted by Gasteiger charge is 2.06. The molecule has 0 aliphatic heterocycles. The second-order valence-corrected chi connectivity index (χ2v) is 5.29. The van der Waals surface area contributed by atoms with E-state index in [1.165, 1.54) is 0 Å².